The third-order valence-electron chi connectivity index (χ3n) is 7.38. The molecule has 0 amide bonds. The van der Waals surface area contributed by atoms with Crippen molar-refractivity contribution in [2.75, 3.05) is 27.2 Å². The summed E-state index contributed by atoms with van der Waals surface area (Å²) in [6, 6.07) is 16.5. The van der Waals surface area contributed by atoms with Crippen LogP contribution in [0.25, 0.3) is 0 Å². The summed E-state index contributed by atoms with van der Waals surface area (Å²) >= 11 is 0. The van der Waals surface area contributed by atoms with Crippen molar-refractivity contribution in [2.45, 2.75) is 50.7 Å². The molecule has 2 heterocycles. The maximum Gasteiger partial charge on any atom is 0.231 e. The summed E-state index contributed by atoms with van der Waals surface area (Å²) in [5.74, 6) is 2.44. The van der Waals surface area contributed by atoms with Crippen LogP contribution < -0.4 is 4.74 Å². The Morgan fingerprint density at radius 2 is 1.88 bits per heavy atom. The molecule has 0 bridgehead atoms. The highest BCUT2D eigenvalue weighted by atomic mass is 16.5. The third kappa shape index (κ3) is 4.57. The maximum atomic E-state index is 11.9. The molecule has 0 radical (unpaired) electrons. The molecule has 5 heteroatoms. The lowest BCUT2D eigenvalue weighted by Gasteiger charge is -2.32. The first-order chi connectivity index (χ1) is 15.9. The van der Waals surface area contributed by atoms with E-state index in [1.54, 1.807) is 0 Å². The number of aliphatic hydroxyl groups is 1. The molecule has 0 saturated heterocycles. The molecule has 5 rings (SSSR count). The number of likely N-dealkylation sites (N-methyl/N-ethyl adjacent to an activating group) is 1. The number of benzene rings is 2. The number of fused-ring (bicyclic) bond motifs is 1. The molecule has 1 fully saturated rings. The Kier molecular flexibility index (Phi) is 6.02. The predicted molar refractivity (Wildman–Crippen MR) is 128 cm³/mol. The summed E-state index contributed by atoms with van der Waals surface area (Å²) in [4.78, 5) is 4.61. The van der Waals surface area contributed by atoms with Gasteiger partial charge in [-0.2, -0.15) is 0 Å². The highest BCUT2D eigenvalue weighted by Gasteiger charge is 2.45. The molecule has 1 N–H and O–H groups in total. The second-order valence-corrected chi connectivity index (χ2v) is 10.4. The Morgan fingerprint density at radius 3 is 2.67 bits per heavy atom. The molecule has 174 valence electrons. The van der Waals surface area contributed by atoms with Crippen molar-refractivity contribution < 1.29 is 18.7 Å². The summed E-state index contributed by atoms with van der Waals surface area (Å²) in [5, 5.41) is 11.9. The fourth-order valence-electron chi connectivity index (χ4n) is 5.45. The van der Waals surface area contributed by atoms with Gasteiger partial charge in [0.25, 0.3) is 0 Å². The minimum absolute atomic E-state index is 0.137. The number of rotatable bonds is 8. The van der Waals surface area contributed by atoms with Crippen LogP contribution in [-0.2, 0) is 25.0 Å². The van der Waals surface area contributed by atoms with E-state index in [0.29, 0.717) is 5.89 Å². The molecular weight excluding hydrogens is 412 g/mol. The van der Waals surface area contributed by atoms with Gasteiger partial charge in [0, 0.05) is 18.8 Å². The molecule has 33 heavy (non-hydrogen) atoms. The monoisotopic (exact) mass is 447 g/mol. The van der Waals surface area contributed by atoms with Gasteiger partial charge in [0.1, 0.15) is 12.3 Å². The summed E-state index contributed by atoms with van der Waals surface area (Å²) in [5.41, 5.74) is 2.38. The molecule has 1 saturated carbocycles. The Morgan fingerprint density at radius 1 is 1.09 bits per heavy atom. The standard InChI is InChI=1S/C28H35N2O3/c1-30(2,16-14-21-12-13-26-22(18-21)15-17-32-26)20-25-19-29-27(33-25)28(31,24-10-6-7-11-24)23-8-4-3-5-9-23/h3-5,8-9,12-13,18-19,24,31H,6-7,10-11,14-17,20H2,1-2H3/q+1. The van der Waals surface area contributed by atoms with Crippen molar-refractivity contribution in [3.63, 3.8) is 0 Å². The van der Waals surface area contributed by atoms with Crippen LogP contribution in [0, 0.1) is 5.92 Å². The van der Waals surface area contributed by atoms with Gasteiger partial charge in [0.15, 0.2) is 11.4 Å². The van der Waals surface area contributed by atoms with Gasteiger partial charge in [-0.25, -0.2) is 4.98 Å². The smallest absolute Gasteiger partial charge is 0.231 e. The zero-order valence-electron chi connectivity index (χ0n) is 19.8. The molecule has 5 nitrogen and oxygen atoms in total. The first-order valence-corrected chi connectivity index (χ1v) is 12.2. The van der Waals surface area contributed by atoms with E-state index >= 15 is 0 Å². The van der Waals surface area contributed by atoms with E-state index in [0.717, 1.165) is 79.8 Å². The van der Waals surface area contributed by atoms with E-state index in [1.807, 2.05) is 36.5 Å². The van der Waals surface area contributed by atoms with Crippen molar-refractivity contribution >= 4 is 0 Å². The third-order valence-corrected chi connectivity index (χ3v) is 7.38. The Hall–Kier alpha value is -2.63. The largest absolute Gasteiger partial charge is 0.493 e. The van der Waals surface area contributed by atoms with Gasteiger partial charge >= 0.3 is 0 Å². The van der Waals surface area contributed by atoms with Crippen molar-refractivity contribution in [1.29, 1.82) is 0 Å². The van der Waals surface area contributed by atoms with Crippen molar-refractivity contribution in [3.05, 3.63) is 83.1 Å². The minimum Gasteiger partial charge on any atom is -0.493 e. The number of quaternary nitrogens is 1. The number of hydrogen-bond donors (Lipinski definition) is 1. The molecular formula is C28H35N2O3+. The first kappa shape index (κ1) is 22.2. The molecule has 2 aromatic carbocycles. The SMILES string of the molecule is C[N+](C)(CCc1ccc2c(c1)CCO2)Cc1cnc(C(O)(c2ccccc2)C2CCCC2)o1. The summed E-state index contributed by atoms with van der Waals surface area (Å²) in [6.45, 7) is 2.52. The molecule has 1 aliphatic carbocycles. The van der Waals surface area contributed by atoms with Crippen LogP contribution >= 0.6 is 0 Å². The lowest BCUT2D eigenvalue weighted by molar-refractivity contribution is -0.904. The normalized spacial score (nSPS) is 18.2. The lowest BCUT2D eigenvalue weighted by Crippen LogP contribution is -2.40. The zero-order valence-corrected chi connectivity index (χ0v) is 19.8. The average molecular weight is 448 g/mol. The fraction of sp³-hybridized carbons (Fsp3) is 0.464. The van der Waals surface area contributed by atoms with Gasteiger partial charge in [-0.3, -0.25) is 0 Å². The number of oxazole rings is 1. The van der Waals surface area contributed by atoms with Crippen LogP contribution in [0.4, 0.5) is 0 Å². The van der Waals surface area contributed by atoms with E-state index in [9.17, 15) is 5.11 Å². The summed E-state index contributed by atoms with van der Waals surface area (Å²) in [7, 11) is 4.44. The molecule has 1 aromatic heterocycles. The van der Waals surface area contributed by atoms with E-state index in [2.05, 4.69) is 37.3 Å². The fourth-order valence-corrected chi connectivity index (χ4v) is 5.45. The zero-order chi connectivity index (χ0) is 22.9. The van der Waals surface area contributed by atoms with Gasteiger partial charge in [0.05, 0.1) is 33.4 Å². The topological polar surface area (TPSA) is 55.5 Å². The van der Waals surface area contributed by atoms with Crippen LogP contribution in [0.1, 0.15) is 54.0 Å². The van der Waals surface area contributed by atoms with E-state index < -0.39 is 5.60 Å². The summed E-state index contributed by atoms with van der Waals surface area (Å²) in [6.07, 6.45) is 8.10. The van der Waals surface area contributed by atoms with Crippen LogP contribution in [0.3, 0.4) is 0 Å². The molecule has 0 spiro atoms. The minimum atomic E-state index is -1.17. The van der Waals surface area contributed by atoms with Gasteiger partial charge in [-0.05, 0) is 35.6 Å². The van der Waals surface area contributed by atoms with Crippen LogP contribution in [-0.4, -0.2) is 41.8 Å². The van der Waals surface area contributed by atoms with Gasteiger partial charge in [0.2, 0.25) is 5.89 Å². The van der Waals surface area contributed by atoms with Gasteiger partial charge in [-0.15, -0.1) is 0 Å². The maximum absolute atomic E-state index is 11.9. The van der Waals surface area contributed by atoms with Crippen molar-refractivity contribution in [2.24, 2.45) is 5.92 Å². The Labute approximate surface area is 196 Å². The number of aromatic nitrogens is 1. The van der Waals surface area contributed by atoms with Crippen molar-refractivity contribution in [1.82, 2.24) is 4.98 Å². The highest BCUT2D eigenvalue weighted by Crippen LogP contribution is 2.44. The molecule has 1 atom stereocenters. The Bertz CT molecular complexity index is 1090. The van der Waals surface area contributed by atoms with E-state index in [1.165, 1.54) is 11.1 Å². The van der Waals surface area contributed by atoms with Crippen LogP contribution in [0.5, 0.6) is 5.75 Å². The molecule has 2 aliphatic rings. The number of hydrogen-bond acceptors (Lipinski definition) is 4. The number of ether oxygens (including phenoxy) is 1. The second kappa shape index (κ2) is 8.96. The van der Waals surface area contributed by atoms with Gasteiger partial charge < -0.3 is 18.7 Å². The van der Waals surface area contributed by atoms with E-state index in [-0.39, 0.29) is 5.92 Å². The quantitative estimate of drug-likeness (QED) is 0.501. The lowest BCUT2D eigenvalue weighted by atomic mass is 9.80. The first-order valence-electron chi connectivity index (χ1n) is 12.2. The van der Waals surface area contributed by atoms with E-state index in [4.69, 9.17) is 9.15 Å². The second-order valence-electron chi connectivity index (χ2n) is 10.4. The molecule has 3 aromatic rings. The molecule has 1 aliphatic heterocycles. The Balaban J connectivity index is 1.30. The van der Waals surface area contributed by atoms with Crippen molar-refractivity contribution in [3.8, 4) is 5.75 Å². The summed E-state index contributed by atoms with van der Waals surface area (Å²) < 4.78 is 12.7. The predicted octanol–water partition coefficient (Wildman–Crippen LogP) is 4.85. The van der Waals surface area contributed by atoms with Gasteiger partial charge in [-0.1, -0.05) is 55.3 Å². The molecule has 1 unspecified atom stereocenters. The average Bonchev–Trinajstić information content (AvgIpc) is 3.59. The number of nitrogens with zero attached hydrogens (tertiary/aromatic N) is 2. The van der Waals surface area contributed by atoms with Crippen LogP contribution in [0.15, 0.2) is 59.1 Å². The van der Waals surface area contributed by atoms with Crippen LogP contribution in [0.2, 0.25) is 0 Å². The highest BCUT2D eigenvalue weighted by molar-refractivity contribution is 5.39.